The van der Waals surface area contributed by atoms with Crippen LogP contribution in [0.25, 0.3) is 0 Å². The van der Waals surface area contributed by atoms with Crippen LogP contribution in [-0.2, 0) is 0 Å². The third kappa shape index (κ3) is 1.84. The summed E-state index contributed by atoms with van der Waals surface area (Å²) in [7, 11) is -1.42. The van der Waals surface area contributed by atoms with E-state index in [0.717, 1.165) is 5.69 Å². The van der Waals surface area contributed by atoms with E-state index < -0.39 is 7.12 Å². The molecule has 0 bridgehead atoms. The van der Waals surface area contributed by atoms with Crippen molar-refractivity contribution >= 4 is 12.6 Å². The molecule has 0 saturated carbocycles. The number of hydrogen-bond donors (Lipinski definition) is 2. The van der Waals surface area contributed by atoms with Crippen molar-refractivity contribution in [1.82, 2.24) is 4.98 Å². The maximum atomic E-state index is 8.97. The first-order valence-corrected chi connectivity index (χ1v) is 3.94. The van der Waals surface area contributed by atoms with Gasteiger partial charge in [0.25, 0.3) is 0 Å². The molecule has 12 heavy (non-hydrogen) atoms. The summed E-state index contributed by atoms with van der Waals surface area (Å²) >= 11 is 0. The van der Waals surface area contributed by atoms with Crippen molar-refractivity contribution in [3.05, 3.63) is 24.0 Å². The predicted molar refractivity (Wildman–Crippen MR) is 48.2 cm³/mol. The zero-order valence-electron chi connectivity index (χ0n) is 7.23. The van der Waals surface area contributed by atoms with Gasteiger partial charge in [0.15, 0.2) is 0 Å². The van der Waals surface area contributed by atoms with Crippen molar-refractivity contribution in [2.45, 2.75) is 19.8 Å². The molecule has 0 radical (unpaired) electrons. The topological polar surface area (TPSA) is 53.4 Å². The highest BCUT2D eigenvalue weighted by molar-refractivity contribution is 6.59. The summed E-state index contributed by atoms with van der Waals surface area (Å²) in [6.07, 6.45) is 1.65. The van der Waals surface area contributed by atoms with Gasteiger partial charge < -0.3 is 10.0 Å². The average molecular weight is 165 g/mol. The van der Waals surface area contributed by atoms with E-state index in [9.17, 15) is 0 Å². The smallest absolute Gasteiger partial charge is 0.423 e. The van der Waals surface area contributed by atoms with Gasteiger partial charge in [-0.2, -0.15) is 0 Å². The van der Waals surface area contributed by atoms with Gasteiger partial charge in [-0.05, 0) is 12.0 Å². The van der Waals surface area contributed by atoms with E-state index in [2.05, 4.69) is 4.98 Å². The van der Waals surface area contributed by atoms with Crippen molar-refractivity contribution in [2.24, 2.45) is 0 Å². The molecule has 1 aromatic heterocycles. The third-order valence-electron chi connectivity index (χ3n) is 1.70. The van der Waals surface area contributed by atoms with Crippen LogP contribution < -0.4 is 5.46 Å². The Bertz CT molecular complexity index is 236. The summed E-state index contributed by atoms with van der Waals surface area (Å²) < 4.78 is 0. The van der Waals surface area contributed by atoms with E-state index in [1.54, 1.807) is 18.3 Å². The number of aromatic nitrogens is 1. The van der Waals surface area contributed by atoms with Gasteiger partial charge in [-0.3, -0.25) is 4.98 Å². The highest BCUT2D eigenvalue weighted by Crippen LogP contribution is 2.07. The van der Waals surface area contributed by atoms with Crippen LogP contribution in [0.1, 0.15) is 25.5 Å². The summed E-state index contributed by atoms with van der Waals surface area (Å²) in [6, 6.07) is 3.37. The van der Waals surface area contributed by atoms with E-state index in [1.807, 2.05) is 13.8 Å². The second-order valence-corrected chi connectivity index (χ2v) is 3.01. The minimum Gasteiger partial charge on any atom is -0.423 e. The Balaban J connectivity index is 3.09. The van der Waals surface area contributed by atoms with E-state index in [4.69, 9.17) is 10.0 Å². The van der Waals surface area contributed by atoms with Gasteiger partial charge in [0.05, 0.1) is 0 Å². The van der Waals surface area contributed by atoms with Crippen LogP contribution >= 0.6 is 0 Å². The predicted octanol–water partition coefficient (Wildman–Crippen LogP) is -0.115. The zero-order chi connectivity index (χ0) is 9.14. The van der Waals surface area contributed by atoms with Crippen LogP contribution in [0, 0.1) is 0 Å². The van der Waals surface area contributed by atoms with E-state index >= 15 is 0 Å². The number of rotatable bonds is 2. The van der Waals surface area contributed by atoms with E-state index in [0.29, 0.717) is 5.46 Å². The Labute approximate surface area is 72.2 Å². The summed E-state index contributed by atoms with van der Waals surface area (Å²) in [5.74, 6) is 0.211. The van der Waals surface area contributed by atoms with Gasteiger partial charge >= 0.3 is 7.12 Å². The van der Waals surface area contributed by atoms with Crippen molar-refractivity contribution in [2.75, 3.05) is 0 Å². The first-order chi connectivity index (χ1) is 5.63. The second kappa shape index (κ2) is 3.69. The number of nitrogens with zero attached hydrogens (tertiary/aromatic N) is 1. The van der Waals surface area contributed by atoms with Gasteiger partial charge in [0.2, 0.25) is 0 Å². The second-order valence-electron chi connectivity index (χ2n) is 3.01. The van der Waals surface area contributed by atoms with Crippen molar-refractivity contribution in [1.29, 1.82) is 0 Å². The molecule has 0 fully saturated rings. The molecule has 64 valence electrons. The molecule has 4 heteroatoms. The Hall–Kier alpha value is -0.865. The Morgan fingerprint density at radius 2 is 2.08 bits per heavy atom. The average Bonchev–Trinajstić information content (AvgIpc) is 2.04. The molecule has 0 aliphatic carbocycles. The van der Waals surface area contributed by atoms with Crippen molar-refractivity contribution in [3.63, 3.8) is 0 Å². The van der Waals surface area contributed by atoms with Crippen LogP contribution in [0.2, 0.25) is 0 Å². The number of pyridine rings is 1. The maximum Gasteiger partial charge on any atom is 0.490 e. The van der Waals surface area contributed by atoms with Crippen LogP contribution in [0.15, 0.2) is 18.3 Å². The van der Waals surface area contributed by atoms with Gasteiger partial charge in [0, 0.05) is 17.4 Å². The van der Waals surface area contributed by atoms with Gasteiger partial charge in [-0.1, -0.05) is 19.9 Å². The molecule has 0 atom stereocenters. The molecular formula is C8H12BNO2. The summed E-state index contributed by atoms with van der Waals surface area (Å²) in [4.78, 5) is 4.08. The van der Waals surface area contributed by atoms with Gasteiger partial charge in [0.1, 0.15) is 0 Å². The lowest BCUT2D eigenvalue weighted by molar-refractivity contribution is 0.425. The molecule has 0 aromatic carbocycles. The first kappa shape index (κ1) is 9.22. The van der Waals surface area contributed by atoms with Crippen LogP contribution in [0.3, 0.4) is 0 Å². The minimum absolute atomic E-state index is 0.211. The fourth-order valence-electron chi connectivity index (χ4n) is 1.13. The van der Waals surface area contributed by atoms with E-state index in [-0.39, 0.29) is 5.92 Å². The SMILES string of the molecule is CC(C)c1ncccc1B(O)O. The summed E-state index contributed by atoms with van der Waals surface area (Å²) in [6.45, 7) is 3.93. The standard InChI is InChI=1S/C8H12BNO2/c1-6(2)8-7(9(11)12)4-3-5-10-8/h3-6,11-12H,1-2H3. The van der Waals surface area contributed by atoms with Crippen molar-refractivity contribution in [3.8, 4) is 0 Å². The normalized spacial score (nSPS) is 10.4. The molecular weight excluding hydrogens is 153 g/mol. The molecule has 0 aliphatic rings. The molecule has 0 amide bonds. The van der Waals surface area contributed by atoms with Gasteiger partial charge in [-0.25, -0.2) is 0 Å². The molecule has 0 spiro atoms. The Kier molecular flexibility index (Phi) is 2.84. The zero-order valence-corrected chi connectivity index (χ0v) is 7.23. The summed E-state index contributed by atoms with van der Waals surface area (Å²) in [5, 5.41) is 17.9. The molecule has 0 aliphatic heterocycles. The lowest BCUT2D eigenvalue weighted by Gasteiger charge is -2.09. The molecule has 0 saturated heterocycles. The highest BCUT2D eigenvalue weighted by Gasteiger charge is 2.17. The quantitative estimate of drug-likeness (QED) is 0.601. The molecule has 1 rings (SSSR count). The highest BCUT2D eigenvalue weighted by atomic mass is 16.4. The fourth-order valence-corrected chi connectivity index (χ4v) is 1.13. The molecule has 3 nitrogen and oxygen atoms in total. The Morgan fingerprint density at radius 1 is 1.42 bits per heavy atom. The molecule has 1 aromatic rings. The first-order valence-electron chi connectivity index (χ1n) is 3.94. The number of hydrogen-bond acceptors (Lipinski definition) is 3. The van der Waals surface area contributed by atoms with Crippen LogP contribution in [0.4, 0.5) is 0 Å². The minimum atomic E-state index is -1.42. The maximum absolute atomic E-state index is 8.97. The largest absolute Gasteiger partial charge is 0.490 e. The lowest BCUT2D eigenvalue weighted by Crippen LogP contribution is -2.34. The third-order valence-corrected chi connectivity index (χ3v) is 1.70. The lowest BCUT2D eigenvalue weighted by atomic mass is 9.77. The summed E-state index contributed by atoms with van der Waals surface area (Å²) in [5.41, 5.74) is 1.24. The van der Waals surface area contributed by atoms with Crippen molar-refractivity contribution < 1.29 is 10.0 Å². The van der Waals surface area contributed by atoms with Crippen LogP contribution in [0.5, 0.6) is 0 Å². The van der Waals surface area contributed by atoms with Crippen LogP contribution in [-0.4, -0.2) is 22.2 Å². The molecule has 1 heterocycles. The molecule has 0 unspecified atom stereocenters. The fraction of sp³-hybridized carbons (Fsp3) is 0.375. The monoisotopic (exact) mass is 165 g/mol. The van der Waals surface area contributed by atoms with Gasteiger partial charge in [-0.15, -0.1) is 0 Å². The Morgan fingerprint density at radius 3 is 2.50 bits per heavy atom. The molecule has 2 N–H and O–H groups in total. The van der Waals surface area contributed by atoms with E-state index in [1.165, 1.54) is 0 Å².